The molecule has 4 aromatic rings. The van der Waals surface area contributed by atoms with Crippen molar-refractivity contribution >= 4 is 48.3 Å². The summed E-state index contributed by atoms with van der Waals surface area (Å²) in [6.45, 7) is 14.3. The van der Waals surface area contributed by atoms with Crippen LogP contribution in [0.5, 0.6) is 5.75 Å². The number of nitrogens with one attached hydrogen (secondary N) is 1. The number of piperidine rings is 1. The third-order valence-corrected chi connectivity index (χ3v) is 11.0. The molecule has 2 bridgehead atoms. The summed E-state index contributed by atoms with van der Waals surface area (Å²) in [7, 11) is -1.23. The number of fused-ring (bicyclic) bond motifs is 3. The second kappa shape index (κ2) is 14.1. The lowest BCUT2D eigenvalue weighted by atomic mass is 9.85. The van der Waals surface area contributed by atoms with Crippen molar-refractivity contribution in [3.63, 3.8) is 0 Å². The molecule has 0 radical (unpaired) electrons. The maximum absolute atomic E-state index is 13.2. The van der Waals surface area contributed by atoms with Gasteiger partial charge in [-0.2, -0.15) is 0 Å². The molecule has 1 aromatic carbocycles. The molecule has 2 aliphatic rings. The van der Waals surface area contributed by atoms with Crippen LogP contribution in [-0.4, -0.2) is 62.9 Å². The number of halogens is 1. The van der Waals surface area contributed by atoms with Crippen molar-refractivity contribution in [1.82, 2.24) is 24.4 Å². The van der Waals surface area contributed by atoms with Crippen molar-refractivity contribution in [3.05, 3.63) is 71.4 Å². The number of aromatic nitrogens is 4. The summed E-state index contributed by atoms with van der Waals surface area (Å²) in [4.78, 5) is 29.0. The van der Waals surface area contributed by atoms with Crippen LogP contribution in [0.3, 0.4) is 0 Å². The van der Waals surface area contributed by atoms with Crippen LogP contribution in [0.15, 0.2) is 55.1 Å². The average molecular weight is 691 g/mol. The highest BCUT2D eigenvalue weighted by Crippen LogP contribution is 2.46. The number of nitrogens with zero attached hydrogens (tertiary/aromatic N) is 5. The lowest BCUT2D eigenvalue weighted by Gasteiger charge is -2.39. The van der Waals surface area contributed by atoms with E-state index in [4.69, 9.17) is 35.8 Å². The predicted molar refractivity (Wildman–Crippen MR) is 192 cm³/mol. The Kier molecular flexibility index (Phi) is 10.0. The van der Waals surface area contributed by atoms with Gasteiger partial charge in [0.2, 0.25) is 0 Å². The zero-order chi connectivity index (χ0) is 34.1. The van der Waals surface area contributed by atoms with E-state index in [2.05, 4.69) is 40.7 Å². The third-order valence-electron chi connectivity index (χ3n) is 8.98. The number of carbonyl (C=O) groups excluding carboxylic acids is 1. The molecule has 2 fully saturated rings. The third kappa shape index (κ3) is 8.12. The van der Waals surface area contributed by atoms with E-state index in [1.807, 2.05) is 62.1 Å². The number of hydrogen-bond acceptors (Lipinski definition) is 8. The monoisotopic (exact) mass is 690 g/mol. The van der Waals surface area contributed by atoms with E-state index in [1.165, 1.54) is 5.56 Å². The van der Waals surface area contributed by atoms with Crippen LogP contribution in [-0.2, 0) is 22.8 Å². The fourth-order valence-corrected chi connectivity index (χ4v) is 7.70. The van der Waals surface area contributed by atoms with Gasteiger partial charge < -0.3 is 29.0 Å². The molecule has 1 N–H and O–H groups in total. The predicted octanol–water partition coefficient (Wildman–Crippen LogP) is 8.76. The fraction of sp³-hybridized carbons (Fsp3) is 0.500. The summed E-state index contributed by atoms with van der Waals surface area (Å²) in [5.41, 5.74) is 3.07. The second-order valence-corrected chi connectivity index (χ2v) is 21.2. The quantitative estimate of drug-likeness (QED) is 0.123. The first-order valence-electron chi connectivity index (χ1n) is 16.9. The summed E-state index contributed by atoms with van der Waals surface area (Å²) in [6.07, 6.45) is 8.98. The highest BCUT2D eigenvalue weighted by Gasteiger charge is 2.46. The molecule has 10 nitrogen and oxygen atoms in total. The lowest BCUT2D eigenvalue weighted by Crippen LogP contribution is -2.48. The molecule has 2 unspecified atom stereocenters. The van der Waals surface area contributed by atoms with E-state index < -0.39 is 13.7 Å². The Morgan fingerprint density at radius 2 is 1.83 bits per heavy atom. The van der Waals surface area contributed by atoms with Gasteiger partial charge in [0, 0.05) is 44.8 Å². The van der Waals surface area contributed by atoms with Crippen LogP contribution in [0.25, 0.3) is 11.0 Å². The van der Waals surface area contributed by atoms with Crippen LogP contribution in [0, 0.1) is 0 Å². The second-order valence-electron chi connectivity index (χ2n) is 15.1. The van der Waals surface area contributed by atoms with Crippen LogP contribution < -0.4 is 10.1 Å². The van der Waals surface area contributed by atoms with E-state index in [1.54, 1.807) is 12.5 Å². The molecule has 2 saturated heterocycles. The summed E-state index contributed by atoms with van der Waals surface area (Å²) >= 11 is 6.68. The Hall–Kier alpha value is -3.67. The summed E-state index contributed by atoms with van der Waals surface area (Å²) in [6, 6.07) is 12.7. The van der Waals surface area contributed by atoms with E-state index in [-0.39, 0.29) is 24.1 Å². The minimum Gasteiger partial charge on any atom is -0.486 e. The van der Waals surface area contributed by atoms with Gasteiger partial charge in [-0.15, -0.1) is 0 Å². The zero-order valence-corrected chi connectivity index (χ0v) is 30.6. The van der Waals surface area contributed by atoms with E-state index >= 15 is 0 Å². The number of amides is 1. The SMILES string of the molecule is CC(C)(C)OC(=O)N1C2CCC1CC(c1cn(COCC[Si](C)(C)C)c3ncnc(Nc4ccc(OCc5ccccn5)c(Cl)c4)c13)C2. The highest BCUT2D eigenvalue weighted by atomic mass is 35.5. The number of anilines is 2. The first-order valence-corrected chi connectivity index (χ1v) is 21.0. The summed E-state index contributed by atoms with van der Waals surface area (Å²) in [5, 5.41) is 4.98. The molecular formula is C36H47ClN6O4Si. The summed E-state index contributed by atoms with van der Waals surface area (Å²) < 4.78 is 20.1. The van der Waals surface area contributed by atoms with Crippen molar-refractivity contribution < 1.29 is 19.0 Å². The number of pyridine rings is 1. The molecule has 2 atom stereocenters. The van der Waals surface area contributed by atoms with Crippen molar-refractivity contribution in [3.8, 4) is 5.75 Å². The zero-order valence-electron chi connectivity index (χ0n) is 28.8. The number of rotatable bonds is 11. The molecule has 0 saturated carbocycles. The largest absolute Gasteiger partial charge is 0.486 e. The van der Waals surface area contributed by atoms with Gasteiger partial charge in [-0.05, 0) is 94.3 Å². The number of hydrogen-bond donors (Lipinski definition) is 1. The van der Waals surface area contributed by atoms with Gasteiger partial charge in [0.15, 0.2) is 0 Å². The normalized spacial score (nSPS) is 19.5. The maximum atomic E-state index is 13.2. The van der Waals surface area contributed by atoms with Gasteiger partial charge in [0.1, 0.15) is 42.5 Å². The molecule has 256 valence electrons. The van der Waals surface area contributed by atoms with Gasteiger partial charge in [-0.25, -0.2) is 14.8 Å². The van der Waals surface area contributed by atoms with Crippen LogP contribution >= 0.6 is 11.6 Å². The highest BCUT2D eigenvalue weighted by molar-refractivity contribution is 6.76. The Morgan fingerprint density at radius 3 is 2.50 bits per heavy atom. The topological polar surface area (TPSA) is 104 Å². The molecule has 2 aliphatic heterocycles. The van der Waals surface area contributed by atoms with Gasteiger partial charge in [-0.1, -0.05) is 37.3 Å². The first-order chi connectivity index (χ1) is 22.8. The standard InChI is InChI=1S/C36H47ClN6O4Si/c1-36(2,3)47-35(44)43-27-11-12-28(43)18-24(17-27)29-20-42(23-45-15-16-48(4,5)6)34-32(29)33(39-22-40-34)41-25-10-13-31(30(37)19-25)46-21-26-9-7-8-14-38-26/h7-10,13-14,19-20,22,24,27-28H,11-12,15-18,21,23H2,1-6H3,(H,39,40,41). The molecule has 5 heterocycles. The van der Waals surface area contributed by atoms with E-state index in [9.17, 15) is 4.79 Å². The van der Waals surface area contributed by atoms with Gasteiger partial charge >= 0.3 is 6.09 Å². The van der Waals surface area contributed by atoms with E-state index in [0.717, 1.165) is 54.1 Å². The van der Waals surface area contributed by atoms with Gasteiger partial charge in [-0.3, -0.25) is 4.98 Å². The number of ether oxygens (including phenoxy) is 3. The average Bonchev–Trinajstić information content (AvgIpc) is 3.53. The summed E-state index contributed by atoms with van der Waals surface area (Å²) in [5.74, 6) is 1.51. The molecule has 12 heteroatoms. The Morgan fingerprint density at radius 1 is 1.06 bits per heavy atom. The van der Waals surface area contributed by atoms with Crippen LogP contribution in [0.4, 0.5) is 16.3 Å². The number of benzene rings is 1. The Bertz CT molecular complexity index is 1720. The van der Waals surface area contributed by atoms with Crippen molar-refractivity contribution in [1.29, 1.82) is 0 Å². The molecular weight excluding hydrogens is 644 g/mol. The van der Waals surface area contributed by atoms with Crippen molar-refractivity contribution in [2.75, 3.05) is 11.9 Å². The van der Waals surface area contributed by atoms with Crippen LogP contribution in [0.2, 0.25) is 30.7 Å². The fourth-order valence-electron chi connectivity index (χ4n) is 6.71. The first kappa shape index (κ1) is 34.2. The smallest absolute Gasteiger partial charge is 0.410 e. The Labute approximate surface area is 289 Å². The van der Waals surface area contributed by atoms with E-state index in [0.29, 0.717) is 36.5 Å². The molecule has 48 heavy (non-hydrogen) atoms. The molecule has 6 rings (SSSR count). The van der Waals surface area contributed by atoms with Gasteiger partial charge in [0.05, 0.1) is 16.1 Å². The van der Waals surface area contributed by atoms with Crippen molar-refractivity contribution in [2.45, 2.75) is 109 Å². The Balaban J connectivity index is 1.27. The molecule has 3 aromatic heterocycles. The minimum atomic E-state index is -1.23. The van der Waals surface area contributed by atoms with Crippen molar-refractivity contribution in [2.24, 2.45) is 0 Å². The molecule has 1 amide bonds. The van der Waals surface area contributed by atoms with Gasteiger partial charge in [0.25, 0.3) is 0 Å². The minimum absolute atomic E-state index is 0.133. The van der Waals surface area contributed by atoms with Crippen LogP contribution in [0.1, 0.15) is 63.6 Å². The molecule has 0 aliphatic carbocycles. The lowest BCUT2D eigenvalue weighted by molar-refractivity contribution is 0.00587. The number of carbonyl (C=O) groups is 1. The molecule has 0 spiro atoms. The maximum Gasteiger partial charge on any atom is 0.410 e.